The third-order valence-corrected chi connectivity index (χ3v) is 6.42. The molecule has 1 saturated heterocycles. The zero-order valence-electron chi connectivity index (χ0n) is 13.9. The van der Waals surface area contributed by atoms with Gasteiger partial charge in [0.2, 0.25) is 0 Å². The lowest BCUT2D eigenvalue weighted by molar-refractivity contribution is 0.0537. The first-order chi connectivity index (χ1) is 10.8. The molecule has 0 N–H and O–H groups in total. The summed E-state index contributed by atoms with van der Waals surface area (Å²) in [6.45, 7) is 3.99. The summed E-state index contributed by atoms with van der Waals surface area (Å²) >= 11 is 0. The molecule has 0 spiro atoms. The van der Waals surface area contributed by atoms with Gasteiger partial charge in [-0.15, -0.1) is 0 Å². The lowest BCUT2D eigenvalue weighted by atomic mass is 9.59. The molecule has 2 saturated carbocycles. The van der Waals surface area contributed by atoms with E-state index in [0.717, 1.165) is 17.6 Å². The van der Waals surface area contributed by atoms with Crippen LogP contribution in [0.3, 0.4) is 0 Å². The first-order valence-electron chi connectivity index (χ1n) is 9.17. The Morgan fingerprint density at radius 2 is 2.09 bits per heavy atom. The molecule has 2 nitrogen and oxygen atoms in total. The van der Waals surface area contributed by atoms with Gasteiger partial charge in [-0.25, -0.2) is 0 Å². The van der Waals surface area contributed by atoms with Gasteiger partial charge in [-0.3, -0.25) is 0 Å². The molecule has 1 aromatic carbocycles. The van der Waals surface area contributed by atoms with Crippen molar-refractivity contribution in [2.75, 3.05) is 26.7 Å². The molecular formula is C20H29NO. The molecule has 2 atom stereocenters. The summed E-state index contributed by atoms with van der Waals surface area (Å²) in [6.07, 6.45) is 9.91. The van der Waals surface area contributed by atoms with Crippen molar-refractivity contribution in [3.8, 4) is 5.75 Å². The number of likely N-dealkylation sites (tertiary alicyclic amines) is 1. The smallest absolute Gasteiger partial charge is 0.119 e. The maximum atomic E-state index is 5.49. The van der Waals surface area contributed by atoms with E-state index in [0.29, 0.717) is 5.41 Å². The average Bonchev–Trinajstić information content (AvgIpc) is 3.39. The molecule has 1 heterocycles. The quantitative estimate of drug-likeness (QED) is 0.824. The Balaban J connectivity index is 1.59. The van der Waals surface area contributed by atoms with Crippen molar-refractivity contribution in [1.29, 1.82) is 0 Å². The normalized spacial score (nSPS) is 32.5. The van der Waals surface area contributed by atoms with Gasteiger partial charge in [0.05, 0.1) is 7.11 Å². The van der Waals surface area contributed by atoms with Crippen LogP contribution in [0.1, 0.15) is 50.5 Å². The van der Waals surface area contributed by atoms with E-state index in [1.165, 1.54) is 64.6 Å². The maximum Gasteiger partial charge on any atom is 0.119 e. The first-order valence-corrected chi connectivity index (χ1v) is 9.17. The van der Waals surface area contributed by atoms with Crippen LogP contribution in [0.25, 0.3) is 0 Å². The van der Waals surface area contributed by atoms with Gasteiger partial charge >= 0.3 is 0 Å². The molecule has 120 valence electrons. The molecule has 2 aliphatic carbocycles. The summed E-state index contributed by atoms with van der Waals surface area (Å²) in [4.78, 5) is 2.77. The van der Waals surface area contributed by atoms with Crippen LogP contribution in [0.4, 0.5) is 0 Å². The SMILES string of the molecule is COc1cccc([C@@]23CCCC[C@H]2CN(CC2CC2)CC3)c1. The summed E-state index contributed by atoms with van der Waals surface area (Å²) in [6, 6.07) is 8.94. The van der Waals surface area contributed by atoms with Crippen molar-refractivity contribution in [1.82, 2.24) is 4.90 Å². The van der Waals surface area contributed by atoms with E-state index in [2.05, 4.69) is 29.2 Å². The van der Waals surface area contributed by atoms with E-state index in [-0.39, 0.29) is 0 Å². The molecule has 1 aliphatic heterocycles. The monoisotopic (exact) mass is 299 g/mol. The molecule has 0 bridgehead atoms. The van der Waals surface area contributed by atoms with Gasteiger partial charge < -0.3 is 9.64 Å². The molecule has 22 heavy (non-hydrogen) atoms. The predicted molar refractivity (Wildman–Crippen MR) is 90.4 cm³/mol. The van der Waals surface area contributed by atoms with Crippen LogP contribution < -0.4 is 4.74 Å². The van der Waals surface area contributed by atoms with Gasteiger partial charge in [0.1, 0.15) is 5.75 Å². The summed E-state index contributed by atoms with van der Waals surface area (Å²) in [5.41, 5.74) is 1.97. The molecule has 4 rings (SSSR count). The summed E-state index contributed by atoms with van der Waals surface area (Å²) in [5.74, 6) is 2.89. The van der Waals surface area contributed by atoms with E-state index in [9.17, 15) is 0 Å². The van der Waals surface area contributed by atoms with Crippen molar-refractivity contribution < 1.29 is 4.74 Å². The predicted octanol–water partition coefficient (Wildman–Crippen LogP) is 4.24. The highest BCUT2D eigenvalue weighted by atomic mass is 16.5. The lowest BCUT2D eigenvalue weighted by Crippen LogP contribution is -2.51. The molecule has 0 aromatic heterocycles. The van der Waals surface area contributed by atoms with E-state index in [4.69, 9.17) is 4.74 Å². The molecule has 0 amide bonds. The summed E-state index contributed by atoms with van der Waals surface area (Å²) < 4.78 is 5.49. The Bertz CT molecular complexity index is 524. The zero-order chi connectivity index (χ0) is 15.0. The number of nitrogens with zero attached hydrogens (tertiary/aromatic N) is 1. The van der Waals surface area contributed by atoms with E-state index < -0.39 is 0 Å². The number of rotatable bonds is 4. The largest absolute Gasteiger partial charge is 0.497 e. The van der Waals surface area contributed by atoms with Crippen molar-refractivity contribution >= 4 is 0 Å². The van der Waals surface area contributed by atoms with Gasteiger partial charge in [0, 0.05) is 18.5 Å². The molecular weight excluding hydrogens is 270 g/mol. The Hall–Kier alpha value is -1.02. The van der Waals surface area contributed by atoms with Crippen molar-refractivity contribution in [2.45, 2.75) is 50.4 Å². The zero-order valence-corrected chi connectivity index (χ0v) is 13.9. The molecule has 3 fully saturated rings. The first kappa shape index (κ1) is 14.6. The Morgan fingerprint density at radius 3 is 2.91 bits per heavy atom. The van der Waals surface area contributed by atoms with Crippen LogP contribution in [0, 0.1) is 11.8 Å². The maximum absolute atomic E-state index is 5.49. The van der Waals surface area contributed by atoms with E-state index >= 15 is 0 Å². The third kappa shape index (κ3) is 2.67. The van der Waals surface area contributed by atoms with Crippen molar-refractivity contribution in [3.05, 3.63) is 29.8 Å². The number of hydrogen-bond donors (Lipinski definition) is 0. The van der Waals surface area contributed by atoms with Crippen LogP contribution >= 0.6 is 0 Å². The Labute approximate surface area is 134 Å². The molecule has 3 aliphatic rings. The number of methoxy groups -OCH3 is 1. The fourth-order valence-corrected chi connectivity index (χ4v) is 4.96. The average molecular weight is 299 g/mol. The van der Waals surface area contributed by atoms with Gasteiger partial charge in [-0.05, 0) is 68.2 Å². The molecule has 2 heteroatoms. The van der Waals surface area contributed by atoms with Gasteiger partial charge in [-0.1, -0.05) is 25.0 Å². The second kappa shape index (κ2) is 5.88. The number of benzene rings is 1. The van der Waals surface area contributed by atoms with Crippen LogP contribution in [0.15, 0.2) is 24.3 Å². The van der Waals surface area contributed by atoms with Crippen molar-refractivity contribution in [2.24, 2.45) is 11.8 Å². The van der Waals surface area contributed by atoms with Gasteiger partial charge in [0.25, 0.3) is 0 Å². The number of hydrogen-bond acceptors (Lipinski definition) is 2. The molecule has 0 radical (unpaired) electrons. The second-order valence-electron chi connectivity index (χ2n) is 7.78. The fraction of sp³-hybridized carbons (Fsp3) is 0.700. The minimum atomic E-state index is 0.423. The highest BCUT2D eigenvalue weighted by molar-refractivity contribution is 5.35. The minimum absolute atomic E-state index is 0.423. The number of piperidine rings is 1. The number of fused-ring (bicyclic) bond motifs is 1. The Morgan fingerprint density at radius 1 is 1.18 bits per heavy atom. The van der Waals surface area contributed by atoms with Gasteiger partial charge in [-0.2, -0.15) is 0 Å². The molecule has 0 unspecified atom stereocenters. The summed E-state index contributed by atoms with van der Waals surface area (Å²) in [5, 5.41) is 0. The topological polar surface area (TPSA) is 12.5 Å². The Kier molecular flexibility index (Phi) is 3.89. The van der Waals surface area contributed by atoms with Gasteiger partial charge in [0.15, 0.2) is 0 Å². The fourth-order valence-electron chi connectivity index (χ4n) is 4.96. The van der Waals surface area contributed by atoms with Crippen LogP contribution in [0.2, 0.25) is 0 Å². The third-order valence-electron chi connectivity index (χ3n) is 6.42. The molecule has 1 aromatic rings. The van der Waals surface area contributed by atoms with Crippen LogP contribution in [0.5, 0.6) is 5.75 Å². The van der Waals surface area contributed by atoms with Crippen LogP contribution in [-0.2, 0) is 5.41 Å². The van der Waals surface area contributed by atoms with Crippen molar-refractivity contribution in [3.63, 3.8) is 0 Å². The van der Waals surface area contributed by atoms with E-state index in [1.807, 2.05) is 0 Å². The van der Waals surface area contributed by atoms with E-state index in [1.54, 1.807) is 12.7 Å². The lowest BCUT2D eigenvalue weighted by Gasteiger charge is -2.51. The standard InChI is InChI=1S/C20H29NO/c1-22-19-7-4-6-17(13-19)20-10-3-2-5-18(20)15-21(12-11-20)14-16-8-9-16/h4,6-7,13,16,18H,2-3,5,8-12,14-15H2,1H3/t18-,20-/m0/s1. The number of ether oxygens (including phenoxy) is 1. The van der Waals surface area contributed by atoms with Crippen LogP contribution in [-0.4, -0.2) is 31.6 Å². The summed E-state index contributed by atoms with van der Waals surface area (Å²) in [7, 11) is 1.79. The highest BCUT2D eigenvalue weighted by Gasteiger charge is 2.45. The highest BCUT2D eigenvalue weighted by Crippen LogP contribution is 2.50. The second-order valence-corrected chi connectivity index (χ2v) is 7.78. The minimum Gasteiger partial charge on any atom is -0.497 e.